The molecule has 0 aromatic heterocycles. The summed E-state index contributed by atoms with van der Waals surface area (Å²) >= 11 is 3.36. The van der Waals surface area contributed by atoms with E-state index in [1.54, 1.807) is 24.3 Å². The summed E-state index contributed by atoms with van der Waals surface area (Å²) in [5.74, 6) is 0.556. The molecule has 9 heteroatoms. The van der Waals surface area contributed by atoms with Crippen molar-refractivity contribution in [3.63, 3.8) is 0 Å². The van der Waals surface area contributed by atoms with Crippen LogP contribution >= 0.6 is 15.9 Å². The number of halogens is 1. The van der Waals surface area contributed by atoms with Crippen LogP contribution in [0.15, 0.2) is 88.0 Å². The number of nitro groups is 1. The van der Waals surface area contributed by atoms with Gasteiger partial charge in [-0.1, -0.05) is 34.1 Å². The van der Waals surface area contributed by atoms with Crippen molar-refractivity contribution in [3.05, 3.63) is 104 Å². The monoisotopic (exact) mass is 508 g/mol. The minimum absolute atomic E-state index is 0.0188. The molecule has 8 nitrogen and oxygen atoms in total. The largest absolute Gasteiger partial charge is 0.490 e. The van der Waals surface area contributed by atoms with Crippen LogP contribution in [0.25, 0.3) is 6.08 Å². The lowest BCUT2D eigenvalue weighted by Gasteiger charge is -2.11. The SMILES string of the molecule is O=C1OC(c2ccccc2)=NC1=Cc1cc([N+](=O)[O-])ccc1OCCOc1ccc(Br)cc1. The van der Waals surface area contributed by atoms with Crippen molar-refractivity contribution in [2.45, 2.75) is 0 Å². The third-order valence-electron chi connectivity index (χ3n) is 4.56. The summed E-state index contributed by atoms with van der Waals surface area (Å²) in [6, 6.07) is 20.5. The van der Waals surface area contributed by atoms with Crippen LogP contribution in [0.2, 0.25) is 0 Å². The van der Waals surface area contributed by atoms with Crippen LogP contribution in [0, 0.1) is 10.1 Å². The van der Waals surface area contributed by atoms with Gasteiger partial charge in [0.1, 0.15) is 24.7 Å². The standard InChI is InChI=1S/C24H17BrN2O6/c25-18-6-9-20(10-7-18)31-12-13-32-22-11-8-19(27(29)30)14-17(22)15-21-24(28)33-23(26-21)16-4-2-1-3-5-16/h1-11,14-15H,12-13H2. The molecule has 0 bridgehead atoms. The van der Waals surface area contributed by atoms with Crippen molar-refractivity contribution in [1.82, 2.24) is 0 Å². The Morgan fingerprint density at radius 3 is 2.45 bits per heavy atom. The number of aliphatic imine (C=N–C) groups is 1. The second-order valence-electron chi connectivity index (χ2n) is 6.83. The fourth-order valence-corrected chi connectivity index (χ4v) is 3.26. The molecule has 0 atom stereocenters. The van der Waals surface area contributed by atoms with Crippen LogP contribution in [0.5, 0.6) is 11.5 Å². The highest BCUT2D eigenvalue weighted by Crippen LogP contribution is 2.28. The van der Waals surface area contributed by atoms with Gasteiger partial charge in [-0.3, -0.25) is 10.1 Å². The molecule has 0 saturated heterocycles. The van der Waals surface area contributed by atoms with Gasteiger partial charge in [-0.25, -0.2) is 9.79 Å². The highest BCUT2D eigenvalue weighted by molar-refractivity contribution is 9.10. The van der Waals surface area contributed by atoms with Crippen LogP contribution < -0.4 is 9.47 Å². The van der Waals surface area contributed by atoms with Gasteiger partial charge in [0.15, 0.2) is 5.70 Å². The lowest BCUT2D eigenvalue weighted by molar-refractivity contribution is -0.384. The third-order valence-corrected chi connectivity index (χ3v) is 5.09. The number of carbonyl (C=O) groups excluding carboxylic acids is 1. The Labute approximate surface area is 197 Å². The number of non-ortho nitro benzene ring substituents is 1. The molecule has 3 aromatic rings. The number of hydrogen-bond acceptors (Lipinski definition) is 7. The Morgan fingerprint density at radius 2 is 1.73 bits per heavy atom. The van der Waals surface area contributed by atoms with E-state index >= 15 is 0 Å². The van der Waals surface area contributed by atoms with Gasteiger partial charge >= 0.3 is 5.97 Å². The molecule has 4 rings (SSSR count). The molecule has 0 fully saturated rings. The average molecular weight is 509 g/mol. The first kappa shape index (κ1) is 22.2. The van der Waals surface area contributed by atoms with Crippen molar-refractivity contribution in [2.75, 3.05) is 13.2 Å². The van der Waals surface area contributed by atoms with E-state index in [1.807, 2.05) is 30.3 Å². The Morgan fingerprint density at radius 1 is 1.00 bits per heavy atom. The summed E-state index contributed by atoms with van der Waals surface area (Å²) in [5.41, 5.74) is 0.858. The molecule has 1 aliphatic rings. The summed E-state index contributed by atoms with van der Waals surface area (Å²) in [4.78, 5) is 27.3. The molecular formula is C24H17BrN2O6. The third kappa shape index (κ3) is 5.64. The van der Waals surface area contributed by atoms with E-state index < -0.39 is 10.9 Å². The molecule has 33 heavy (non-hydrogen) atoms. The van der Waals surface area contributed by atoms with E-state index in [2.05, 4.69) is 20.9 Å². The van der Waals surface area contributed by atoms with Gasteiger partial charge in [-0.15, -0.1) is 0 Å². The molecule has 0 spiro atoms. The first-order valence-corrected chi connectivity index (χ1v) is 10.7. The molecule has 1 heterocycles. The fraction of sp³-hybridized carbons (Fsp3) is 0.0833. The topological polar surface area (TPSA) is 100 Å². The molecule has 0 amide bonds. The summed E-state index contributed by atoms with van der Waals surface area (Å²) in [6.45, 7) is 0.444. The zero-order valence-electron chi connectivity index (χ0n) is 17.1. The maximum absolute atomic E-state index is 12.3. The first-order valence-electron chi connectivity index (χ1n) is 9.87. The highest BCUT2D eigenvalue weighted by Gasteiger charge is 2.25. The zero-order valence-corrected chi connectivity index (χ0v) is 18.7. The van der Waals surface area contributed by atoms with Crippen molar-refractivity contribution in [2.24, 2.45) is 4.99 Å². The second-order valence-corrected chi connectivity index (χ2v) is 7.75. The van der Waals surface area contributed by atoms with Gasteiger partial charge in [-0.2, -0.15) is 0 Å². The molecule has 3 aromatic carbocycles. The number of nitro benzene ring substituents is 1. The van der Waals surface area contributed by atoms with Gasteiger partial charge < -0.3 is 14.2 Å². The van der Waals surface area contributed by atoms with Gasteiger partial charge in [0.2, 0.25) is 5.90 Å². The summed E-state index contributed by atoms with van der Waals surface area (Å²) in [6.07, 6.45) is 1.41. The van der Waals surface area contributed by atoms with E-state index in [9.17, 15) is 14.9 Å². The summed E-state index contributed by atoms with van der Waals surface area (Å²) in [5, 5.41) is 11.2. The van der Waals surface area contributed by atoms with Gasteiger partial charge in [-0.05, 0) is 48.5 Å². The van der Waals surface area contributed by atoms with Crippen LogP contribution in [-0.2, 0) is 9.53 Å². The van der Waals surface area contributed by atoms with E-state index in [-0.39, 0.29) is 30.5 Å². The van der Waals surface area contributed by atoms with Gasteiger partial charge in [0, 0.05) is 27.7 Å². The quantitative estimate of drug-likeness (QED) is 0.137. The average Bonchev–Trinajstić information content (AvgIpc) is 3.19. The molecule has 0 unspecified atom stereocenters. The normalized spacial score (nSPS) is 14.0. The van der Waals surface area contributed by atoms with E-state index in [4.69, 9.17) is 14.2 Å². The Balaban J connectivity index is 1.53. The number of ether oxygens (including phenoxy) is 3. The Hall–Kier alpha value is -3.98. The van der Waals surface area contributed by atoms with Crippen LogP contribution in [0.3, 0.4) is 0 Å². The lowest BCUT2D eigenvalue weighted by atomic mass is 10.1. The Bertz CT molecular complexity index is 1240. The predicted molar refractivity (Wildman–Crippen MR) is 125 cm³/mol. The maximum Gasteiger partial charge on any atom is 0.363 e. The van der Waals surface area contributed by atoms with E-state index in [1.165, 1.54) is 24.3 Å². The number of benzene rings is 3. The lowest BCUT2D eigenvalue weighted by Crippen LogP contribution is -2.10. The van der Waals surface area contributed by atoms with Crippen LogP contribution in [-0.4, -0.2) is 30.0 Å². The van der Waals surface area contributed by atoms with Crippen molar-refractivity contribution >= 4 is 39.6 Å². The van der Waals surface area contributed by atoms with Crippen molar-refractivity contribution in [1.29, 1.82) is 0 Å². The minimum atomic E-state index is -0.648. The molecule has 0 radical (unpaired) electrons. The van der Waals surface area contributed by atoms with Gasteiger partial charge in [0.05, 0.1) is 4.92 Å². The van der Waals surface area contributed by atoms with Crippen LogP contribution in [0.1, 0.15) is 11.1 Å². The second kappa shape index (κ2) is 10.1. The Kier molecular flexibility index (Phi) is 6.80. The van der Waals surface area contributed by atoms with E-state index in [0.29, 0.717) is 22.6 Å². The molecule has 166 valence electrons. The maximum atomic E-state index is 12.3. The fourth-order valence-electron chi connectivity index (χ4n) is 3.00. The zero-order chi connectivity index (χ0) is 23.2. The first-order chi connectivity index (χ1) is 16.0. The number of carbonyl (C=O) groups is 1. The number of esters is 1. The number of cyclic esters (lactones) is 1. The molecular weight excluding hydrogens is 492 g/mol. The highest BCUT2D eigenvalue weighted by atomic mass is 79.9. The minimum Gasteiger partial charge on any atom is -0.490 e. The molecule has 0 N–H and O–H groups in total. The van der Waals surface area contributed by atoms with Crippen molar-refractivity contribution < 1.29 is 23.9 Å². The predicted octanol–water partition coefficient (Wildman–Crippen LogP) is 5.16. The number of rotatable bonds is 8. The summed E-state index contributed by atoms with van der Waals surface area (Å²) < 4.78 is 17.6. The van der Waals surface area contributed by atoms with E-state index in [0.717, 1.165) is 4.47 Å². The number of nitrogens with zero attached hydrogens (tertiary/aromatic N) is 2. The molecule has 0 aliphatic carbocycles. The summed E-state index contributed by atoms with van der Waals surface area (Å²) in [7, 11) is 0. The van der Waals surface area contributed by atoms with Crippen LogP contribution in [0.4, 0.5) is 5.69 Å². The number of hydrogen-bond donors (Lipinski definition) is 0. The molecule has 1 aliphatic heterocycles. The smallest absolute Gasteiger partial charge is 0.363 e. The van der Waals surface area contributed by atoms with Crippen molar-refractivity contribution in [3.8, 4) is 11.5 Å². The van der Waals surface area contributed by atoms with Gasteiger partial charge in [0.25, 0.3) is 5.69 Å². The molecule has 0 saturated carbocycles.